The van der Waals surface area contributed by atoms with Gasteiger partial charge in [-0.1, -0.05) is 37.1 Å². The Labute approximate surface area is 177 Å². The molecule has 3 N–H and O–H groups in total. The van der Waals surface area contributed by atoms with E-state index in [-0.39, 0.29) is 5.82 Å². The Hall–Kier alpha value is -3.45. The van der Waals surface area contributed by atoms with Crippen LogP contribution in [0.1, 0.15) is 36.9 Å². The molecule has 1 fully saturated rings. The molecular formula is C24H22FN3O3. The fourth-order valence-electron chi connectivity index (χ4n) is 4.25. The number of fused-ring (bicyclic) bond motifs is 1. The number of imidazole rings is 1. The van der Waals surface area contributed by atoms with Crippen LogP contribution in [0.5, 0.6) is 0 Å². The molecule has 1 aliphatic rings. The summed E-state index contributed by atoms with van der Waals surface area (Å²) < 4.78 is 18.7. The average Bonchev–Trinajstić information content (AvgIpc) is 3.42. The first-order valence-corrected chi connectivity index (χ1v) is 10.3. The van der Waals surface area contributed by atoms with Gasteiger partial charge in [-0.2, -0.15) is 0 Å². The lowest BCUT2D eigenvalue weighted by Gasteiger charge is -2.19. The Bertz CT molecular complexity index is 1290. The van der Waals surface area contributed by atoms with Gasteiger partial charge in [-0.15, -0.1) is 0 Å². The van der Waals surface area contributed by atoms with E-state index >= 15 is 0 Å². The van der Waals surface area contributed by atoms with Crippen LogP contribution in [0.4, 0.5) is 10.3 Å². The van der Waals surface area contributed by atoms with Crippen molar-refractivity contribution >= 4 is 16.9 Å². The first-order valence-electron chi connectivity index (χ1n) is 10.3. The number of rotatable bonds is 5. The molecule has 0 amide bonds. The number of hydrogen-bond acceptors (Lipinski definition) is 5. The van der Waals surface area contributed by atoms with Crippen molar-refractivity contribution in [1.82, 2.24) is 9.97 Å². The first-order chi connectivity index (χ1) is 15.0. The topological polar surface area (TPSA) is 91.1 Å². The molecule has 5 rings (SSSR count). The fourth-order valence-corrected chi connectivity index (χ4v) is 4.25. The number of halogens is 1. The van der Waals surface area contributed by atoms with Crippen LogP contribution in [0.2, 0.25) is 0 Å². The van der Waals surface area contributed by atoms with E-state index in [1.807, 2.05) is 18.2 Å². The molecule has 0 bridgehead atoms. The van der Waals surface area contributed by atoms with Crippen molar-refractivity contribution in [3.8, 4) is 11.1 Å². The summed E-state index contributed by atoms with van der Waals surface area (Å²) in [7, 11) is 0. The maximum Gasteiger partial charge on any atom is 0.336 e. The number of hydrogen-bond donors (Lipinski definition) is 3. The maximum atomic E-state index is 13.3. The zero-order valence-electron chi connectivity index (χ0n) is 16.8. The molecule has 31 heavy (non-hydrogen) atoms. The molecule has 0 aliphatic heterocycles. The van der Waals surface area contributed by atoms with Crippen LogP contribution in [0, 0.1) is 5.82 Å². The molecule has 2 aromatic carbocycles. The molecule has 1 saturated carbocycles. The Kier molecular flexibility index (Phi) is 4.82. The van der Waals surface area contributed by atoms with Crippen LogP contribution in [0.15, 0.2) is 63.9 Å². The molecule has 4 aromatic rings. The molecule has 2 heterocycles. The minimum atomic E-state index is -0.809. The predicted molar refractivity (Wildman–Crippen MR) is 116 cm³/mol. The van der Waals surface area contributed by atoms with E-state index < -0.39 is 11.2 Å². The van der Waals surface area contributed by atoms with Crippen molar-refractivity contribution in [1.29, 1.82) is 0 Å². The van der Waals surface area contributed by atoms with Gasteiger partial charge in [0.25, 0.3) is 0 Å². The molecule has 1 aliphatic carbocycles. The summed E-state index contributed by atoms with van der Waals surface area (Å²) in [4.78, 5) is 19.6. The number of aliphatic hydroxyl groups is 1. The zero-order chi connectivity index (χ0) is 21.4. The second-order valence-electron chi connectivity index (χ2n) is 8.05. The van der Waals surface area contributed by atoms with Gasteiger partial charge in [0.05, 0.1) is 11.9 Å². The van der Waals surface area contributed by atoms with Gasteiger partial charge in [0.1, 0.15) is 17.0 Å². The zero-order valence-corrected chi connectivity index (χ0v) is 16.8. The third-order valence-corrected chi connectivity index (χ3v) is 5.93. The van der Waals surface area contributed by atoms with Gasteiger partial charge >= 0.3 is 5.63 Å². The largest absolute Gasteiger partial charge is 0.423 e. The number of aromatic nitrogens is 2. The molecule has 0 radical (unpaired) electrons. The van der Waals surface area contributed by atoms with Gasteiger partial charge in [0.15, 0.2) is 0 Å². The van der Waals surface area contributed by atoms with Crippen LogP contribution in [-0.4, -0.2) is 15.1 Å². The molecule has 7 heteroatoms. The third-order valence-electron chi connectivity index (χ3n) is 5.93. The van der Waals surface area contributed by atoms with E-state index in [2.05, 4.69) is 15.3 Å². The lowest BCUT2D eigenvalue weighted by molar-refractivity contribution is 0.0404. The van der Waals surface area contributed by atoms with Crippen LogP contribution in [-0.2, 0) is 12.1 Å². The van der Waals surface area contributed by atoms with Crippen molar-refractivity contribution in [2.45, 2.75) is 37.8 Å². The normalized spacial score (nSPS) is 15.4. The van der Waals surface area contributed by atoms with Gasteiger partial charge in [0.2, 0.25) is 5.95 Å². The summed E-state index contributed by atoms with van der Waals surface area (Å²) in [6, 6.07) is 13.1. The van der Waals surface area contributed by atoms with E-state index in [4.69, 9.17) is 4.42 Å². The average molecular weight is 419 g/mol. The molecule has 6 nitrogen and oxygen atoms in total. The standard InChI is InChI=1S/C24H22FN3O3/c25-17-6-4-16(5-7-17)19-12-22(29)31-20-11-15(3-8-18(19)20)13-26-23-27-14-21(28-23)24(30)9-1-2-10-24/h3-8,11-12,14,30H,1-2,9-10,13H2,(H2,26,27,28). The van der Waals surface area contributed by atoms with Gasteiger partial charge < -0.3 is 19.8 Å². The van der Waals surface area contributed by atoms with Crippen molar-refractivity contribution in [3.63, 3.8) is 0 Å². The maximum absolute atomic E-state index is 13.3. The van der Waals surface area contributed by atoms with E-state index in [9.17, 15) is 14.3 Å². The monoisotopic (exact) mass is 419 g/mol. The molecule has 158 valence electrons. The van der Waals surface area contributed by atoms with Gasteiger partial charge in [-0.25, -0.2) is 14.2 Å². The van der Waals surface area contributed by atoms with Crippen molar-refractivity contribution < 1.29 is 13.9 Å². The molecule has 0 atom stereocenters. The highest BCUT2D eigenvalue weighted by Gasteiger charge is 2.34. The Balaban J connectivity index is 1.39. The van der Waals surface area contributed by atoms with E-state index in [1.54, 1.807) is 18.3 Å². The Morgan fingerprint density at radius 3 is 2.68 bits per heavy atom. The fraction of sp³-hybridized carbons (Fsp3) is 0.250. The Morgan fingerprint density at radius 2 is 1.90 bits per heavy atom. The summed E-state index contributed by atoms with van der Waals surface area (Å²) >= 11 is 0. The number of H-pyrrole nitrogens is 1. The summed E-state index contributed by atoms with van der Waals surface area (Å²) in [5.74, 6) is 0.252. The quantitative estimate of drug-likeness (QED) is 0.408. The summed E-state index contributed by atoms with van der Waals surface area (Å²) in [5, 5.41) is 14.7. The summed E-state index contributed by atoms with van der Waals surface area (Å²) in [5.41, 5.74) is 2.29. The molecule has 0 spiro atoms. The minimum absolute atomic E-state index is 0.328. The summed E-state index contributed by atoms with van der Waals surface area (Å²) in [6.45, 7) is 0.464. The summed E-state index contributed by atoms with van der Waals surface area (Å²) in [6.07, 6.45) is 5.20. The van der Waals surface area contributed by atoms with Crippen molar-refractivity contribution in [2.75, 3.05) is 5.32 Å². The highest BCUT2D eigenvalue weighted by atomic mass is 19.1. The minimum Gasteiger partial charge on any atom is -0.423 e. The van der Waals surface area contributed by atoms with Gasteiger partial charge in [-0.05, 0) is 47.7 Å². The number of anilines is 1. The van der Waals surface area contributed by atoms with Gasteiger partial charge in [0, 0.05) is 18.0 Å². The van der Waals surface area contributed by atoms with Crippen molar-refractivity contribution in [3.05, 3.63) is 82.2 Å². The van der Waals surface area contributed by atoms with E-state index in [0.717, 1.165) is 47.9 Å². The predicted octanol–water partition coefficient (Wildman–Crippen LogP) is 4.70. The number of benzene rings is 2. The highest BCUT2D eigenvalue weighted by Crippen LogP contribution is 2.37. The van der Waals surface area contributed by atoms with Crippen molar-refractivity contribution in [2.24, 2.45) is 0 Å². The molecule has 2 aromatic heterocycles. The lowest BCUT2D eigenvalue weighted by atomic mass is 9.99. The Morgan fingerprint density at radius 1 is 1.13 bits per heavy atom. The number of aromatic amines is 1. The van der Waals surface area contributed by atoms with Crippen LogP contribution in [0.3, 0.4) is 0 Å². The van der Waals surface area contributed by atoms with Crippen LogP contribution < -0.4 is 10.9 Å². The highest BCUT2D eigenvalue weighted by molar-refractivity contribution is 5.93. The van der Waals surface area contributed by atoms with Gasteiger partial charge in [-0.3, -0.25) is 0 Å². The molecule has 0 saturated heterocycles. The number of nitrogens with one attached hydrogen (secondary N) is 2. The molecule has 0 unspecified atom stereocenters. The number of nitrogens with zero attached hydrogens (tertiary/aromatic N) is 1. The smallest absolute Gasteiger partial charge is 0.336 e. The second kappa shape index (κ2) is 7.67. The van der Waals surface area contributed by atoms with E-state index in [0.29, 0.717) is 23.6 Å². The third kappa shape index (κ3) is 3.84. The lowest BCUT2D eigenvalue weighted by Crippen LogP contribution is -2.21. The SMILES string of the molecule is O=c1cc(-c2ccc(F)cc2)c2ccc(CNc3ncc(C4(O)CCCC4)[nH]3)cc2o1. The van der Waals surface area contributed by atoms with E-state index in [1.165, 1.54) is 18.2 Å². The second-order valence-corrected chi connectivity index (χ2v) is 8.05. The molecular weight excluding hydrogens is 397 g/mol. The van der Waals surface area contributed by atoms with Crippen LogP contribution >= 0.6 is 0 Å². The first kappa shape index (κ1) is 19.5. The van der Waals surface area contributed by atoms with Crippen LogP contribution in [0.25, 0.3) is 22.1 Å².